The van der Waals surface area contributed by atoms with Gasteiger partial charge in [-0.15, -0.1) is 0 Å². The summed E-state index contributed by atoms with van der Waals surface area (Å²) in [4.78, 5) is 35.3. The Hall–Kier alpha value is -3.03. The molecule has 2 aliphatic rings. The first-order valence-electron chi connectivity index (χ1n) is 10.8. The minimum atomic E-state index is -0.127. The van der Waals surface area contributed by atoms with Crippen LogP contribution >= 0.6 is 0 Å². The van der Waals surface area contributed by atoms with E-state index in [1.54, 1.807) is 21.9 Å². The van der Waals surface area contributed by atoms with Gasteiger partial charge in [0.05, 0.1) is 6.26 Å². The average Bonchev–Trinajstić information content (AvgIpc) is 3.19. The Labute approximate surface area is 176 Å². The number of rotatable bonds is 4. The maximum Gasteiger partial charge on any atom is 0.317 e. The molecule has 2 fully saturated rings. The van der Waals surface area contributed by atoms with Gasteiger partial charge in [-0.25, -0.2) is 9.78 Å². The number of furan rings is 1. The van der Waals surface area contributed by atoms with E-state index in [0.29, 0.717) is 38.5 Å². The van der Waals surface area contributed by atoms with Crippen LogP contribution in [0.4, 0.5) is 10.6 Å². The smallest absolute Gasteiger partial charge is 0.317 e. The quantitative estimate of drug-likeness (QED) is 0.837. The highest BCUT2D eigenvalue weighted by Crippen LogP contribution is 2.18. The monoisotopic (exact) mass is 411 g/mol. The molecule has 1 N–H and O–H groups in total. The van der Waals surface area contributed by atoms with E-state index in [-0.39, 0.29) is 11.9 Å². The fourth-order valence-electron chi connectivity index (χ4n) is 4.00. The van der Waals surface area contributed by atoms with Crippen molar-refractivity contribution < 1.29 is 14.0 Å². The van der Waals surface area contributed by atoms with Gasteiger partial charge in [-0.1, -0.05) is 12.8 Å². The van der Waals surface area contributed by atoms with Crippen LogP contribution < -0.4 is 10.2 Å². The second-order valence-electron chi connectivity index (χ2n) is 7.84. The van der Waals surface area contributed by atoms with Gasteiger partial charge >= 0.3 is 6.03 Å². The number of hydrogen-bond donors (Lipinski definition) is 1. The number of carbonyl (C=O) groups excluding carboxylic acids is 2. The molecule has 2 saturated heterocycles. The van der Waals surface area contributed by atoms with Crippen molar-refractivity contribution in [3.05, 3.63) is 48.0 Å². The summed E-state index contributed by atoms with van der Waals surface area (Å²) in [7, 11) is 0. The molecule has 30 heavy (non-hydrogen) atoms. The van der Waals surface area contributed by atoms with Crippen LogP contribution in [0.25, 0.3) is 0 Å². The maximum absolute atomic E-state index is 12.6. The lowest BCUT2D eigenvalue weighted by molar-refractivity contribution is 0.0634. The molecular weight excluding hydrogens is 382 g/mol. The first-order chi connectivity index (χ1) is 14.7. The number of amides is 3. The predicted molar refractivity (Wildman–Crippen MR) is 113 cm³/mol. The van der Waals surface area contributed by atoms with Gasteiger partial charge in [-0.2, -0.15) is 0 Å². The van der Waals surface area contributed by atoms with Gasteiger partial charge in [-0.3, -0.25) is 4.79 Å². The van der Waals surface area contributed by atoms with E-state index in [4.69, 9.17) is 4.42 Å². The van der Waals surface area contributed by atoms with E-state index in [1.165, 1.54) is 31.9 Å². The van der Waals surface area contributed by atoms with Crippen LogP contribution in [0.2, 0.25) is 0 Å². The van der Waals surface area contributed by atoms with Crippen molar-refractivity contribution in [2.24, 2.45) is 0 Å². The van der Waals surface area contributed by atoms with Crippen LogP contribution in [0.3, 0.4) is 0 Å². The molecule has 2 aromatic rings. The summed E-state index contributed by atoms with van der Waals surface area (Å²) in [6, 6.07) is 7.28. The fraction of sp³-hybridized carbons (Fsp3) is 0.500. The lowest BCUT2D eigenvalue weighted by Gasteiger charge is -2.34. The van der Waals surface area contributed by atoms with Gasteiger partial charge < -0.3 is 24.4 Å². The normalized spacial score (nSPS) is 17.5. The molecule has 0 aromatic carbocycles. The van der Waals surface area contributed by atoms with E-state index >= 15 is 0 Å². The second-order valence-corrected chi connectivity index (χ2v) is 7.84. The van der Waals surface area contributed by atoms with Crippen molar-refractivity contribution >= 4 is 17.8 Å². The summed E-state index contributed by atoms with van der Waals surface area (Å²) in [6.07, 6.45) is 8.29. The van der Waals surface area contributed by atoms with Gasteiger partial charge in [0.1, 0.15) is 5.82 Å². The highest BCUT2D eigenvalue weighted by molar-refractivity contribution is 5.91. The molecule has 0 atom stereocenters. The minimum Gasteiger partial charge on any atom is -0.459 e. The summed E-state index contributed by atoms with van der Waals surface area (Å²) in [6.45, 7) is 4.57. The summed E-state index contributed by atoms with van der Waals surface area (Å²) in [5, 5.41) is 3.00. The van der Waals surface area contributed by atoms with Crippen LogP contribution in [0.5, 0.6) is 0 Å². The van der Waals surface area contributed by atoms with Crippen molar-refractivity contribution in [1.82, 2.24) is 20.1 Å². The molecule has 0 radical (unpaired) electrons. The number of pyridine rings is 1. The molecular formula is C22H29N5O3. The van der Waals surface area contributed by atoms with Crippen molar-refractivity contribution in [2.75, 3.05) is 44.2 Å². The second kappa shape index (κ2) is 9.65. The molecule has 8 heteroatoms. The minimum absolute atomic E-state index is 0.103. The number of hydrogen-bond acceptors (Lipinski definition) is 5. The van der Waals surface area contributed by atoms with E-state index in [9.17, 15) is 9.59 Å². The molecule has 2 aliphatic heterocycles. The molecule has 0 aliphatic carbocycles. The predicted octanol–water partition coefficient (Wildman–Crippen LogP) is 2.72. The third-order valence-corrected chi connectivity index (χ3v) is 5.77. The van der Waals surface area contributed by atoms with Crippen molar-refractivity contribution in [3.63, 3.8) is 0 Å². The molecule has 0 spiro atoms. The SMILES string of the molecule is O=C(NCc1ccnc(N2CCCCCC2)c1)N1CCN(C(=O)c2ccco2)CC1. The summed E-state index contributed by atoms with van der Waals surface area (Å²) in [5.41, 5.74) is 1.05. The molecule has 4 rings (SSSR count). The summed E-state index contributed by atoms with van der Waals surface area (Å²) < 4.78 is 5.18. The van der Waals surface area contributed by atoms with Crippen molar-refractivity contribution in [1.29, 1.82) is 0 Å². The molecule has 0 unspecified atom stereocenters. The average molecular weight is 412 g/mol. The number of aromatic nitrogens is 1. The van der Waals surface area contributed by atoms with Crippen LogP contribution in [-0.2, 0) is 6.54 Å². The van der Waals surface area contributed by atoms with Gasteiger partial charge in [0.25, 0.3) is 5.91 Å². The summed E-state index contributed by atoms with van der Waals surface area (Å²) >= 11 is 0. The Morgan fingerprint density at radius 2 is 1.70 bits per heavy atom. The van der Waals surface area contributed by atoms with Crippen molar-refractivity contribution in [3.8, 4) is 0 Å². The zero-order chi connectivity index (χ0) is 20.8. The third kappa shape index (κ3) is 4.93. The molecule has 3 amide bonds. The summed E-state index contributed by atoms with van der Waals surface area (Å²) in [5.74, 6) is 1.21. The number of urea groups is 1. The zero-order valence-corrected chi connectivity index (χ0v) is 17.3. The molecule has 8 nitrogen and oxygen atoms in total. The van der Waals surface area contributed by atoms with Gasteiger partial charge in [0.2, 0.25) is 0 Å². The van der Waals surface area contributed by atoms with Crippen LogP contribution in [0.15, 0.2) is 41.1 Å². The number of carbonyl (C=O) groups is 2. The molecule has 160 valence electrons. The highest BCUT2D eigenvalue weighted by Gasteiger charge is 2.26. The van der Waals surface area contributed by atoms with Crippen LogP contribution in [0, 0.1) is 0 Å². The third-order valence-electron chi connectivity index (χ3n) is 5.77. The first kappa shape index (κ1) is 20.3. The molecule has 2 aromatic heterocycles. The lowest BCUT2D eigenvalue weighted by atomic mass is 10.2. The molecule has 0 bridgehead atoms. The molecule has 0 saturated carbocycles. The lowest BCUT2D eigenvalue weighted by Crippen LogP contribution is -2.53. The van der Waals surface area contributed by atoms with Crippen LogP contribution in [0.1, 0.15) is 41.8 Å². The topological polar surface area (TPSA) is 81.9 Å². The number of nitrogens with zero attached hydrogens (tertiary/aromatic N) is 4. The fourth-order valence-corrected chi connectivity index (χ4v) is 4.00. The van der Waals surface area contributed by atoms with E-state index in [0.717, 1.165) is 24.5 Å². The van der Waals surface area contributed by atoms with Gasteiger partial charge in [0, 0.05) is 52.0 Å². The van der Waals surface area contributed by atoms with Crippen LogP contribution in [-0.4, -0.2) is 66.0 Å². The Bertz CT molecular complexity index is 838. The first-order valence-corrected chi connectivity index (χ1v) is 10.8. The Balaban J connectivity index is 1.26. The number of anilines is 1. The van der Waals surface area contributed by atoms with E-state index in [1.807, 2.05) is 12.3 Å². The molecule has 4 heterocycles. The number of piperazine rings is 1. The Kier molecular flexibility index (Phi) is 6.51. The van der Waals surface area contributed by atoms with Crippen molar-refractivity contribution in [2.45, 2.75) is 32.2 Å². The Morgan fingerprint density at radius 1 is 0.967 bits per heavy atom. The van der Waals surface area contributed by atoms with Gasteiger partial charge in [0.15, 0.2) is 5.76 Å². The maximum atomic E-state index is 12.6. The van der Waals surface area contributed by atoms with E-state index < -0.39 is 0 Å². The van der Waals surface area contributed by atoms with Gasteiger partial charge in [-0.05, 0) is 42.7 Å². The number of nitrogens with one attached hydrogen (secondary N) is 1. The largest absolute Gasteiger partial charge is 0.459 e. The Morgan fingerprint density at radius 3 is 2.40 bits per heavy atom. The standard InChI is InChI=1S/C22H29N5O3/c28-21(19-6-5-15-30-19)26-11-13-27(14-12-26)22(29)24-17-18-7-8-23-20(16-18)25-9-3-1-2-4-10-25/h5-8,15-16H,1-4,9-14,17H2,(H,24,29). The van der Waals surface area contributed by atoms with E-state index in [2.05, 4.69) is 21.3 Å². The zero-order valence-electron chi connectivity index (χ0n) is 17.3. The highest BCUT2D eigenvalue weighted by atomic mass is 16.3.